The van der Waals surface area contributed by atoms with Crippen LogP contribution in [0.2, 0.25) is 10.0 Å². The van der Waals surface area contributed by atoms with E-state index in [2.05, 4.69) is 6.07 Å². The van der Waals surface area contributed by atoms with Crippen molar-refractivity contribution < 1.29 is 18.7 Å². The Balaban J connectivity index is 2.39. The van der Waals surface area contributed by atoms with Crippen LogP contribution >= 0.6 is 23.2 Å². The number of halogens is 4. The zero-order valence-electron chi connectivity index (χ0n) is 17.7. The highest BCUT2D eigenvalue weighted by Gasteiger charge is 2.63. The molecule has 0 spiro atoms. The Labute approximate surface area is 195 Å². The molecular weight excluding hydrogens is 457 g/mol. The molecule has 0 aromatic heterocycles. The summed E-state index contributed by atoms with van der Waals surface area (Å²) >= 11 is 11.9. The summed E-state index contributed by atoms with van der Waals surface area (Å²) in [6.07, 6.45) is 1.82. The molecule has 1 N–H and O–H groups in total. The van der Waals surface area contributed by atoms with E-state index in [1.165, 1.54) is 30.3 Å². The molecule has 4 nitrogen and oxygen atoms in total. The number of carboxylic acid groups (broad SMARTS) is 1. The highest BCUT2D eigenvalue weighted by molar-refractivity contribution is 6.31. The van der Waals surface area contributed by atoms with Gasteiger partial charge in [-0.2, -0.15) is 5.26 Å². The van der Waals surface area contributed by atoms with Crippen molar-refractivity contribution in [2.75, 3.05) is 6.54 Å². The molecule has 32 heavy (non-hydrogen) atoms. The quantitative estimate of drug-likeness (QED) is 0.540. The zero-order chi connectivity index (χ0) is 23.8. The van der Waals surface area contributed by atoms with Crippen molar-refractivity contribution in [3.63, 3.8) is 0 Å². The number of likely N-dealkylation sites (tertiary alicyclic amines) is 1. The molecule has 0 amide bonds. The van der Waals surface area contributed by atoms with Crippen molar-refractivity contribution in [2.24, 2.45) is 0 Å². The normalized spacial score (nSPS) is 25.4. The standard InChI is InChI=1S/C24H22Cl2F2N2O2/c1-13(2)9-10-30-14(3)24(12-29,17-8-7-15(25)11-19(17)27)20(22(30)23(31)32)16-5-4-6-18(26)21(16)28/h4-9,11,14,20,22H,10H2,1-3H3,(H,31,32)/t14-,20-,22+,24+/m0/s1. The Morgan fingerprint density at radius 3 is 2.53 bits per heavy atom. The van der Waals surface area contributed by atoms with Gasteiger partial charge in [-0.3, -0.25) is 9.69 Å². The van der Waals surface area contributed by atoms with Crippen LogP contribution < -0.4 is 0 Å². The van der Waals surface area contributed by atoms with Gasteiger partial charge in [-0.05, 0) is 44.5 Å². The molecule has 3 rings (SSSR count). The van der Waals surface area contributed by atoms with Crippen LogP contribution in [0, 0.1) is 23.0 Å². The fourth-order valence-electron chi connectivity index (χ4n) is 4.66. The second kappa shape index (κ2) is 9.19. The number of rotatable bonds is 5. The molecule has 1 fully saturated rings. The van der Waals surface area contributed by atoms with E-state index >= 15 is 8.78 Å². The van der Waals surface area contributed by atoms with Crippen LogP contribution in [0.4, 0.5) is 8.78 Å². The van der Waals surface area contributed by atoms with Gasteiger partial charge < -0.3 is 5.11 Å². The molecule has 0 saturated carbocycles. The Morgan fingerprint density at radius 2 is 1.97 bits per heavy atom. The number of carbonyl (C=O) groups is 1. The van der Waals surface area contributed by atoms with Crippen molar-refractivity contribution in [3.8, 4) is 6.07 Å². The summed E-state index contributed by atoms with van der Waals surface area (Å²) in [5.74, 6) is -4.06. The van der Waals surface area contributed by atoms with Gasteiger partial charge >= 0.3 is 5.97 Å². The molecule has 2 aromatic carbocycles. The van der Waals surface area contributed by atoms with E-state index in [4.69, 9.17) is 23.2 Å². The largest absolute Gasteiger partial charge is 0.480 e. The summed E-state index contributed by atoms with van der Waals surface area (Å²) in [6.45, 7) is 5.58. The first-order valence-electron chi connectivity index (χ1n) is 9.98. The van der Waals surface area contributed by atoms with E-state index in [0.29, 0.717) is 0 Å². The van der Waals surface area contributed by atoms with Crippen molar-refractivity contribution in [1.29, 1.82) is 5.26 Å². The highest BCUT2D eigenvalue weighted by atomic mass is 35.5. The predicted molar refractivity (Wildman–Crippen MR) is 120 cm³/mol. The number of allylic oxidation sites excluding steroid dienone is 1. The van der Waals surface area contributed by atoms with E-state index in [0.717, 1.165) is 11.6 Å². The lowest BCUT2D eigenvalue weighted by molar-refractivity contribution is -0.142. The first-order valence-corrected chi connectivity index (χ1v) is 10.7. The van der Waals surface area contributed by atoms with Gasteiger partial charge in [0, 0.05) is 29.1 Å². The SMILES string of the molecule is CC(C)=CCN1[C@@H](C)[C@](C#N)(c2ccc(Cl)cc2F)[C@@H](c2cccc(Cl)c2F)[C@@H]1C(=O)O. The fraction of sp³-hybridized carbons (Fsp3) is 0.333. The van der Waals surface area contributed by atoms with Crippen LogP contribution in [0.15, 0.2) is 48.0 Å². The lowest BCUT2D eigenvalue weighted by Gasteiger charge is -2.34. The van der Waals surface area contributed by atoms with Gasteiger partial charge in [0.25, 0.3) is 0 Å². The molecule has 1 aliphatic rings. The van der Waals surface area contributed by atoms with Gasteiger partial charge in [-0.15, -0.1) is 0 Å². The first kappa shape index (κ1) is 24.2. The lowest BCUT2D eigenvalue weighted by atomic mass is 9.65. The van der Waals surface area contributed by atoms with Gasteiger partial charge in [-0.1, -0.05) is 53.1 Å². The van der Waals surface area contributed by atoms with Crippen molar-refractivity contribution >= 4 is 29.2 Å². The molecule has 4 atom stereocenters. The van der Waals surface area contributed by atoms with E-state index < -0.39 is 41.0 Å². The molecule has 168 valence electrons. The van der Waals surface area contributed by atoms with Crippen LogP contribution in [-0.4, -0.2) is 34.6 Å². The molecule has 1 aliphatic heterocycles. The minimum Gasteiger partial charge on any atom is -0.480 e. The second-order valence-electron chi connectivity index (χ2n) is 8.16. The number of nitriles is 1. The second-order valence-corrected chi connectivity index (χ2v) is 9.01. The van der Waals surface area contributed by atoms with Gasteiger partial charge in [0.1, 0.15) is 23.1 Å². The summed E-state index contributed by atoms with van der Waals surface area (Å²) in [7, 11) is 0. The summed E-state index contributed by atoms with van der Waals surface area (Å²) in [4.78, 5) is 14.1. The fourth-order valence-corrected chi connectivity index (χ4v) is 5.00. The Bertz CT molecular complexity index is 1130. The Morgan fingerprint density at radius 1 is 1.28 bits per heavy atom. The first-order chi connectivity index (χ1) is 15.1. The molecule has 1 heterocycles. The van der Waals surface area contributed by atoms with Gasteiger partial charge in [0.05, 0.1) is 11.1 Å². The third-order valence-corrected chi connectivity index (χ3v) is 6.69. The van der Waals surface area contributed by atoms with E-state index in [1.54, 1.807) is 11.8 Å². The van der Waals surface area contributed by atoms with E-state index in [9.17, 15) is 15.2 Å². The molecule has 8 heteroatoms. The average Bonchev–Trinajstić information content (AvgIpc) is 2.97. The van der Waals surface area contributed by atoms with Crippen molar-refractivity contribution in [2.45, 2.75) is 44.2 Å². The summed E-state index contributed by atoms with van der Waals surface area (Å²) in [5, 5.41) is 20.6. The monoisotopic (exact) mass is 478 g/mol. The summed E-state index contributed by atoms with van der Waals surface area (Å²) in [6, 6.07) is 8.22. The maximum Gasteiger partial charge on any atom is 0.321 e. The smallest absolute Gasteiger partial charge is 0.321 e. The number of carboxylic acids is 1. The van der Waals surface area contributed by atoms with Gasteiger partial charge in [0.15, 0.2) is 0 Å². The minimum atomic E-state index is -1.72. The average molecular weight is 479 g/mol. The maximum atomic E-state index is 15.2. The lowest BCUT2D eigenvalue weighted by Crippen LogP contribution is -2.43. The number of nitrogens with zero attached hydrogens (tertiary/aromatic N) is 2. The van der Waals surface area contributed by atoms with Crippen LogP contribution in [0.1, 0.15) is 37.8 Å². The molecule has 0 bridgehead atoms. The predicted octanol–water partition coefficient (Wildman–Crippen LogP) is 5.94. The molecule has 2 aromatic rings. The molecule has 0 aliphatic carbocycles. The topological polar surface area (TPSA) is 64.3 Å². The summed E-state index contributed by atoms with van der Waals surface area (Å²) in [5.41, 5.74) is -0.864. The molecular formula is C24H22Cl2F2N2O2. The molecule has 1 saturated heterocycles. The Kier molecular flexibility index (Phi) is 6.94. The molecule has 0 radical (unpaired) electrons. The number of aliphatic carboxylic acids is 1. The highest BCUT2D eigenvalue weighted by Crippen LogP contribution is 2.54. The van der Waals surface area contributed by atoms with Crippen molar-refractivity contribution in [1.82, 2.24) is 4.90 Å². The Hall–Kier alpha value is -2.46. The van der Waals surface area contributed by atoms with E-state index in [-0.39, 0.29) is 27.7 Å². The van der Waals surface area contributed by atoms with Crippen molar-refractivity contribution in [3.05, 3.63) is 80.9 Å². The third kappa shape index (κ3) is 3.90. The van der Waals surface area contributed by atoms with Gasteiger partial charge in [0.2, 0.25) is 0 Å². The van der Waals surface area contributed by atoms with Crippen LogP contribution in [0.25, 0.3) is 0 Å². The zero-order valence-corrected chi connectivity index (χ0v) is 19.3. The number of hydrogen-bond acceptors (Lipinski definition) is 3. The van der Waals surface area contributed by atoms with Crippen LogP contribution in [-0.2, 0) is 10.2 Å². The minimum absolute atomic E-state index is 0.0350. The third-order valence-electron chi connectivity index (χ3n) is 6.16. The van der Waals surface area contributed by atoms with Crippen LogP contribution in [0.3, 0.4) is 0 Å². The van der Waals surface area contributed by atoms with Crippen LogP contribution in [0.5, 0.6) is 0 Å². The molecule has 0 unspecified atom stereocenters. The van der Waals surface area contributed by atoms with Gasteiger partial charge in [-0.25, -0.2) is 8.78 Å². The summed E-state index contributed by atoms with van der Waals surface area (Å²) < 4.78 is 30.5. The maximum absolute atomic E-state index is 15.2. The van der Waals surface area contributed by atoms with E-state index in [1.807, 2.05) is 19.9 Å². The number of benzene rings is 2. The number of hydrogen-bond donors (Lipinski definition) is 1.